The van der Waals surface area contributed by atoms with Gasteiger partial charge in [-0.15, -0.1) is 12.4 Å². The fourth-order valence-corrected chi connectivity index (χ4v) is 2.49. The first-order chi connectivity index (χ1) is 8.20. The summed E-state index contributed by atoms with van der Waals surface area (Å²) in [6.45, 7) is 3.39. The number of piperidine rings is 1. The molecule has 0 unspecified atom stereocenters. The summed E-state index contributed by atoms with van der Waals surface area (Å²) >= 11 is 5.77. The Hall–Kier alpha value is -0.350. The van der Waals surface area contributed by atoms with Gasteiger partial charge in [-0.05, 0) is 44.5 Å². The Balaban J connectivity index is 0.00000162. The molecule has 18 heavy (non-hydrogen) atoms. The monoisotopic (exact) mass is 292 g/mol. The lowest BCUT2D eigenvalue weighted by Gasteiger charge is -2.31. The van der Waals surface area contributed by atoms with Crippen LogP contribution in [0.2, 0.25) is 5.02 Å². The van der Waals surface area contributed by atoms with Crippen LogP contribution >= 0.6 is 24.0 Å². The predicted octanol–water partition coefficient (Wildman–Crippen LogP) is 3.07. The van der Waals surface area contributed by atoms with Crippen molar-refractivity contribution in [1.82, 2.24) is 4.90 Å². The second-order valence-electron chi connectivity index (χ2n) is 4.67. The van der Waals surface area contributed by atoms with Crippen molar-refractivity contribution in [3.8, 4) is 0 Å². The molecule has 1 heterocycles. The molecular weight excluding hydrogens is 274 g/mol. The Labute approximate surface area is 119 Å². The molecule has 2 N–H and O–H groups in total. The van der Waals surface area contributed by atoms with Gasteiger partial charge in [0.15, 0.2) is 0 Å². The van der Waals surface area contributed by atoms with E-state index in [1.807, 2.05) is 0 Å². The Morgan fingerprint density at radius 1 is 1.33 bits per heavy atom. The topological polar surface area (TPSA) is 29.3 Å². The normalized spacial score (nSPS) is 17.5. The van der Waals surface area contributed by atoms with Crippen molar-refractivity contribution >= 4 is 24.0 Å². The standard InChI is InChI=1S/C13H18ClFN2.ClH/c14-12-3-1-2-11(13(12)15)9-17-6-4-10(8-16)5-7-17;/h1-3,10H,4-9,16H2;1H. The molecule has 0 spiro atoms. The zero-order valence-electron chi connectivity index (χ0n) is 10.2. The fourth-order valence-electron chi connectivity index (χ4n) is 2.29. The van der Waals surface area contributed by atoms with Crippen LogP contribution in [0.25, 0.3) is 0 Å². The van der Waals surface area contributed by atoms with Crippen LogP contribution in [0, 0.1) is 11.7 Å². The molecule has 1 saturated heterocycles. The quantitative estimate of drug-likeness (QED) is 0.928. The minimum Gasteiger partial charge on any atom is -0.330 e. The van der Waals surface area contributed by atoms with Gasteiger partial charge in [-0.1, -0.05) is 23.7 Å². The summed E-state index contributed by atoms with van der Waals surface area (Å²) in [5.41, 5.74) is 6.33. The summed E-state index contributed by atoms with van der Waals surface area (Å²) < 4.78 is 13.7. The van der Waals surface area contributed by atoms with E-state index in [0.29, 0.717) is 18.0 Å². The van der Waals surface area contributed by atoms with Gasteiger partial charge in [0.05, 0.1) is 5.02 Å². The van der Waals surface area contributed by atoms with Crippen LogP contribution in [0.1, 0.15) is 18.4 Å². The lowest BCUT2D eigenvalue weighted by atomic mass is 9.97. The molecule has 1 aliphatic rings. The number of hydrogen-bond donors (Lipinski definition) is 1. The molecule has 2 nitrogen and oxygen atoms in total. The van der Waals surface area contributed by atoms with E-state index in [9.17, 15) is 4.39 Å². The zero-order valence-corrected chi connectivity index (χ0v) is 11.8. The maximum absolute atomic E-state index is 13.7. The number of halogens is 3. The molecule has 1 fully saturated rings. The van der Waals surface area contributed by atoms with Crippen molar-refractivity contribution in [3.05, 3.63) is 34.6 Å². The third kappa shape index (κ3) is 3.82. The highest BCUT2D eigenvalue weighted by molar-refractivity contribution is 6.30. The van der Waals surface area contributed by atoms with E-state index in [4.69, 9.17) is 17.3 Å². The van der Waals surface area contributed by atoms with Crippen molar-refractivity contribution in [2.75, 3.05) is 19.6 Å². The van der Waals surface area contributed by atoms with Gasteiger partial charge in [-0.25, -0.2) is 4.39 Å². The van der Waals surface area contributed by atoms with Crippen LogP contribution < -0.4 is 5.73 Å². The first-order valence-corrected chi connectivity index (χ1v) is 6.44. The van der Waals surface area contributed by atoms with Gasteiger partial charge >= 0.3 is 0 Å². The average molecular weight is 293 g/mol. The van der Waals surface area contributed by atoms with Crippen LogP contribution in [-0.2, 0) is 6.54 Å². The maximum Gasteiger partial charge on any atom is 0.146 e. The van der Waals surface area contributed by atoms with E-state index in [0.717, 1.165) is 32.5 Å². The van der Waals surface area contributed by atoms with Gasteiger partial charge < -0.3 is 5.73 Å². The van der Waals surface area contributed by atoms with Crippen molar-refractivity contribution in [1.29, 1.82) is 0 Å². The van der Waals surface area contributed by atoms with Crippen LogP contribution in [0.15, 0.2) is 18.2 Å². The molecule has 0 saturated carbocycles. The second kappa shape index (κ2) is 7.29. The molecular formula is C13H19Cl2FN2. The summed E-state index contributed by atoms with van der Waals surface area (Å²) in [4.78, 5) is 2.26. The SMILES string of the molecule is Cl.NCC1CCN(Cc2cccc(Cl)c2F)CC1. The van der Waals surface area contributed by atoms with Gasteiger partial charge in [-0.2, -0.15) is 0 Å². The minimum absolute atomic E-state index is 0. The third-order valence-electron chi connectivity index (χ3n) is 3.47. The second-order valence-corrected chi connectivity index (χ2v) is 5.08. The predicted molar refractivity (Wildman–Crippen MR) is 75.7 cm³/mol. The largest absolute Gasteiger partial charge is 0.330 e. The molecule has 0 aliphatic carbocycles. The summed E-state index contributed by atoms with van der Waals surface area (Å²) in [5.74, 6) is 0.352. The number of benzene rings is 1. The molecule has 2 rings (SSSR count). The first-order valence-electron chi connectivity index (χ1n) is 6.06. The summed E-state index contributed by atoms with van der Waals surface area (Å²) in [6.07, 6.45) is 2.22. The highest BCUT2D eigenvalue weighted by atomic mass is 35.5. The number of likely N-dealkylation sites (tertiary alicyclic amines) is 1. The smallest absolute Gasteiger partial charge is 0.146 e. The molecule has 1 aromatic carbocycles. The molecule has 1 aromatic rings. The number of nitrogens with zero attached hydrogens (tertiary/aromatic N) is 1. The zero-order chi connectivity index (χ0) is 12.3. The molecule has 5 heteroatoms. The van der Waals surface area contributed by atoms with Crippen LogP contribution in [0.5, 0.6) is 0 Å². The van der Waals surface area contributed by atoms with Gasteiger partial charge in [-0.3, -0.25) is 4.90 Å². The highest BCUT2D eigenvalue weighted by Crippen LogP contribution is 2.22. The molecule has 102 valence electrons. The van der Waals surface area contributed by atoms with Gasteiger partial charge in [0.2, 0.25) is 0 Å². The number of rotatable bonds is 3. The average Bonchev–Trinajstić information content (AvgIpc) is 2.36. The Bertz CT molecular complexity index is 379. The number of nitrogens with two attached hydrogens (primary N) is 1. The van der Waals surface area contributed by atoms with E-state index in [2.05, 4.69) is 4.90 Å². The van der Waals surface area contributed by atoms with Crippen molar-refractivity contribution in [2.45, 2.75) is 19.4 Å². The molecule has 0 bridgehead atoms. The fraction of sp³-hybridized carbons (Fsp3) is 0.538. The molecule has 0 atom stereocenters. The van der Waals surface area contributed by atoms with Gasteiger partial charge in [0.1, 0.15) is 5.82 Å². The lowest BCUT2D eigenvalue weighted by Crippen LogP contribution is -2.35. The van der Waals surface area contributed by atoms with Crippen LogP contribution in [0.4, 0.5) is 4.39 Å². The molecule has 0 amide bonds. The summed E-state index contributed by atoms with van der Waals surface area (Å²) in [6, 6.07) is 5.19. The van der Waals surface area contributed by atoms with E-state index >= 15 is 0 Å². The summed E-state index contributed by atoms with van der Waals surface area (Å²) in [7, 11) is 0. The van der Waals surface area contributed by atoms with E-state index in [1.54, 1.807) is 18.2 Å². The Kier molecular flexibility index (Phi) is 6.36. The highest BCUT2D eigenvalue weighted by Gasteiger charge is 2.19. The summed E-state index contributed by atoms with van der Waals surface area (Å²) in [5, 5.41) is 0.208. The third-order valence-corrected chi connectivity index (χ3v) is 3.76. The van der Waals surface area contributed by atoms with E-state index < -0.39 is 0 Å². The lowest BCUT2D eigenvalue weighted by molar-refractivity contribution is 0.178. The van der Waals surface area contributed by atoms with E-state index in [1.165, 1.54) is 0 Å². The number of hydrogen-bond acceptors (Lipinski definition) is 2. The van der Waals surface area contributed by atoms with Crippen LogP contribution in [0.3, 0.4) is 0 Å². The Morgan fingerprint density at radius 3 is 2.61 bits per heavy atom. The van der Waals surface area contributed by atoms with Crippen LogP contribution in [-0.4, -0.2) is 24.5 Å². The first kappa shape index (κ1) is 15.7. The van der Waals surface area contributed by atoms with Gasteiger partial charge in [0.25, 0.3) is 0 Å². The van der Waals surface area contributed by atoms with Crippen molar-refractivity contribution < 1.29 is 4.39 Å². The van der Waals surface area contributed by atoms with Crippen molar-refractivity contribution in [2.24, 2.45) is 11.7 Å². The molecule has 0 aromatic heterocycles. The molecule has 1 aliphatic heterocycles. The minimum atomic E-state index is -0.282. The maximum atomic E-state index is 13.7. The van der Waals surface area contributed by atoms with Gasteiger partial charge in [0, 0.05) is 12.1 Å². The Morgan fingerprint density at radius 2 is 2.00 bits per heavy atom. The van der Waals surface area contributed by atoms with E-state index in [-0.39, 0.29) is 23.2 Å². The molecule has 0 radical (unpaired) electrons. The van der Waals surface area contributed by atoms with Crippen molar-refractivity contribution in [3.63, 3.8) is 0 Å².